The normalized spacial score (nSPS) is 16.9. The van der Waals surface area contributed by atoms with Gasteiger partial charge in [-0.1, -0.05) is 20.4 Å². The van der Waals surface area contributed by atoms with Crippen LogP contribution in [0.25, 0.3) is 0 Å². The zero-order chi connectivity index (χ0) is 16.4. The molecular weight excluding hydrogens is 302 g/mol. The molecule has 1 saturated heterocycles. The lowest BCUT2D eigenvalue weighted by Gasteiger charge is -2.18. The second-order valence-electron chi connectivity index (χ2n) is 5.46. The highest BCUT2D eigenvalue weighted by atomic mass is 32.2. The van der Waals surface area contributed by atoms with Crippen LogP contribution in [0.15, 0.2) is 34.7 Å². The summed E-state index contributed by atoms with van der Waals surface area (Å²) in [7, 11) is 0. The van der Waals surface area contributed by atoms with Gasteiger partial charge in [0.1, 0.15) is 0 Å². The summed E-state index contributed by atoms with van der Waals surface area (Å²) < 4.78 is 0. The molecule has 0 unspecified atom stereocenters. The van der Waals surface area contributed by atoms with Crippen LogP contribution in [-0.2, 0) is 4.79 Å². The van der Waals surface area contributed by atoms with Gasteiger partial charge in [0.25, 0.3) is 11.6 Å². The highest BCUT2D eigenvalue weighted by Gasteiger charge is 2.32. The van der Waals surface area contributed by atoms with Crippen LogP contribution in [0.4, 0.5) is 11.4 Å². The van der Waals surface area contributed by atoms with Gasteiger partial charge in [-0.3, -0.25) is 19.8 Å². The van der Waals surface area contributed by atoms with Gasteiger partial charge in [-0.15, -0.1) is 0 Å². The van der Waals surface area contributed by atoms with Gasteiger partial charge in [0.15, 0.2) is 5.17 Å². The molecule has 1 aliphatic heterocycles. The molecule has 0 aliphatic carbocycles. The van der Waals surface area contributed by atoms with E-state index in [0.717, 1.165) is 0 Å². The molecule has 0 bridgehead atoms. The Hall–Kier alpha value is -2.15. The highest BCUT2D eigenvalue weighted by Crippen LogP contribution is 2.33. The number of nitrogens with zero attached hydrogens (tertiary/aromatic N) is 3. The van der Waals surface area contributed by atoms with E-state index in [2.05, 4.69) is 11.6 Å². The maximum atomic E-state index is 12.1. The number of benzene rings is 1. The Balaban J connectivity index is 2.36. The van der Waals surface area contributed by atoms with Crippen molar-refractivity contribution in [1.29, 1.82) is 0 Å². The minimum Gasteiger partial charge on any atom is -0.286 e. The monoisotopic (exact) mass is 319 g/mol. The fourth-order valence-electron chi connectivity index (χ4n) is 2.04. The van der Waals surface area contributed by atoms with Crippen LogP contribution >= 0.6 is 11.8 Å². The van der Waals surface area contributed by atoms with E-state index in [-0.39, 0.29) is 11.6 Å². The Morgan fingerprint density at radius 1 is 1.45 bits per heavy atom. The first kappa shape index (κ1) is 16.2. The molecule has 22 heavy (non-hydrogen) atoms. The van der Waals surface area contributed by atoms with Crippen LogP contribution in [0.2, 0.25) is 0 Å². The lowest BCUT2D eigenvalue weighted by Crippen LogP contribution is -2.32. The highest BCUT2D eigenvalue weighted by molar-refractivity contribution is 8.18. The SMILES string of the molecule is C=C1SC(=Nc2ccc([N+](=O)[O-])cc2C)N(CC(C)C)C1=O. The summed E-state index contributed by atoms with van der Waals surface area (Å²) in [6, 6.07) is 4.48. The molecule has 7 heteroatoms. The first-order chi connectivity index (χ1) is 10.3. The van der Waals surface area contributed by atoms with Crippen LogP contribution in [0.1, 0.15) is 19.4 Å². The summed E-state index contributed by atoms with van der Waals surface area (Å²) in [6.07, 6.45) is 0. The van der Waals surface area contributed by atoms with E-state index >= 15 is 0 Å². The number of carbonyl (C=O) groups is 1. The number of nitro benzene ring substituents is 1. The van der Waals surface area contributed by atoms with Gasteiger partial charge >= 0.3 is 0 Å². The van der Waals surface area contributed by atoms with Crippen molar-refractivity contribution in [2.75, 3.05) is 6.54 Å². The molecule has 1 heterocycles. The molecule has 6 nitrogen and oxygen atoms in total. The molecule has 1 aromatic carbocycles. The summed E-state index contributed by atoms with van der Waals surface area (Å²) in [5, 5.41) is 11.3. The number of thioether (sulfide) groups is 1. The van der Waals surface area contributed by atoms with Gasteiger partial charge in [-0.05, 0) is 36.2 Å². The van der Waals surface area contributed by atoms with E-state index < -0.39 is 4.92 Å². The van der Waals surface area contributed by atoms with Gasteiger partial charge in [0, 0.05) is 18.7 Å². The lowest BCUT2D eigenvalue weighted by atomic mass is 10.2. The number of hydrogen-bond acceptors (Lipinski definition) is 5. The van der Waals surface area contributed by atoms with E-state index in [1.807, 2.05) is 13.8 Å². The Morgan fingerprint density at radius 2 is 2.14 bits per heavy atom. The average Bonchev–Trinajstić information content (AvgIpc) is 2.68. The summed E-state index contributed by atoms with van der Waals surface area (Å²) >= 11 is 1.24. The number of amides is 1. The van der Waals surface area contributed by atoms with E-state index in [4.69, 9.17) is 0 Å². The maximum absolute atomic E-state index is 12.1. The molecule has 0 spiro atoms. The van der Waals surface area contributed by atoms with Crippen LogP contribution in [0.5, 0.6) is 0 Å². The second kappa shape index (κ2) is 6.31. The van der Waals surface area contributed by atoms with Gasteiger partial charge in [0.2, 0.25) is 0 Å². The number of aliphatic imine (C=N–C) groups is 1. The Kier molecular flexibility index (Phi) is 4.65. The molecule has 116 valence electrons. The molecule has 0 radical (unpaired) electrons. The lowest BCUT2D eigenvalue weighted by molar-refractivity contribution is -0.384. The van der Waals surface area contributed by atoms with Crippen LogP contribution < -0.4 is 0 Å². The standard InChI is InChI=1S/C15H17N3O3S/c1-9(2)8-17-14(19)11(4)22-15(17)16-13-6-5-12(18(20)21)7-10(13)3/h5-7,9H,4,8H2,1-3H3. The fourth-order valence-corrected chi connectivity index (χ4v) is 2.87. The first-order valence-corrected chi connectivity index (χ1v) is 7.63. The minimum absolute atomic E-state index is 0.0278. The Bertz CT molecular complexity index is 683. The zero-order valence-corrected chi connectivity index (χ0v) is 13.5. The van der Waals surface area contributed by atoms with Gasteiger partial charge in [-0.2, -0.15) is 0 Å². The fraction of sp³-hybridized carbons (Fsp3) is 0.333. The van der Waals surface area contributed by atoms with Gasteiger partial charge in [-0.25, -0.2) is 4.99 Å². The molecule has 0 N–H and O–H groups in total. The predicted molar refractivity (Wildman–Crippen MR) is 88.2 cm³/mol. The smallest absolute Gasteiger partial charge is 0.269 e. The molecule has 0 atom stereocenters. The van der Waals surface area contributed by atoms with Crippen molar-refractivity contribution in [3.05, 3.63) is 45.4 Å². The molecule has 1 aliphatic rings. The van der Waals surface area contributed by atoms with Crippen LogP contribution in [-0.4, -0.2) is 27.4 Å². The minimum atomic E-state index is -0.440. The van der Waals surface area contributed by atoms with Crippen LogP contribution in [0, 0.1) is 23.0 Å². The third kappa shape index (κ3) is 3.36. The quantitative estimate of drug-likeness (QED) is 0.482. The topological polar surface area (TPSA) is 75.8 Å². The largest absolute Gasteiger partial charge is 0.286 e. The number of hydrogen-bond donors (Lipinski definition) is 0. The molecular formula is C15H17N3O3S. The number of carbonyl (C=O) groups excluding carboxylic acids is 1. The molecule has 0 saturated carbocycles. The average molecular weight is 319 g/mol. The van der Waals surface area contributed by atoms with Crippen molar-refractivity contribution in [2.45, 2.75) is 20.8 Å². The third-order valence-corrected chi connectivity index (χ3v) is 4.00. The zero-order valence-electron chi connectivity index (χ0n) is 12.7. The van der Waals surface area contributed by atoms with Crippen LogP contribution in [0.3, 0.4) is 0 Å². The summed E-state index contributed by atoms with van der Waals surface area (Å²) in [5.74, 6) is 0.177. The second-order valence-corrected chi connectivity index (χ2v) is 6.52. The van der Waals surface area contributed by atoms with Crippen molar-refractivity contribution < 1.29 is 9.72 Å². The predicted octanol–water partition coefficient (Wildman–Crippen LogP) is 3.64. The van der Waals surface area contributed by atoms with Crippen molar-refractivity contribution in [3.63, 3.8) is 0 Å². The third-order valence-electron chi connectivity index (χ3n) is 3.08. The summed E-state index contributed by atoms with van der Waals surface area (Å²) in [6.45, 7) is 10.1. The van der Waals surface area contributed by atoms with Crippen molar-refractivity contribution in [1.82, 2.24) is 4.90 Å². The van der Waals surface area contributed by atoms with E-state index in [1.54, 1.807) is 17.9 Å². The van der Waals surface area contributed by atoms with E-state index in [1.165, 1.54) is 23.9 Å². The Morgan fingerprint density at radius 3 is 2.68 bits per heavy atom. The number of aryl methyl sites for hydroxylation is 1. The van der Waals surface area contributed by atoms with E-state index in [0.29, 0.717) is 33.8 Å². The van der Waals surface area contributed by atoms with Crippen molar-refractivity contribution in [3.8, 4) is 0 Å². The first-order valence-electron chi connectivity index (χ1n) is 6.82. The summed E-state index contributed by atoms with van der Waals surface area (Å²) in [5.41, 5.74) is 1.33. The van der Waals surface area contributed by atoms with E-state index in [9.17, 15) is 14.9 Å². The van der Waals surface area contributed by atoms with Gasteiger partial charge < -0.3 is 0 Å². The van der Waals surface area contributed by atoms with Crippen molar-refractivity contribution in [2.24, 2.45) is 10.9 Å². The maximum Gasteiger partial charge on any atom is 0.269 e. The number of non-ortho nitro benzene ring substituents is 1. The molecule has 0 aromatic heterocycles. The molecule has 1 amide bonds. The molecule has 2 rings (SSSR count). The summed E-state index contributed by atoms with van der Waals surface area (Å²) in [4.78, 5) is 29.0. The molecule has 1 fully saturated rings. The number of nitro groups is 1. The van der Waals surface area contributed by atoms with Crippen molar-refractivity contribution >= 4 is 34.2 Å². The van der Waals surface area contributed by atoms with Gasteiger partial charge in [0.05, 0.1) is 15.5 Å². The Labute approximate surface area is 133 Å². The number of rotatable bonds is 4. The molecule has 1 aromatic rings. The number of amidine groups is 1.